The van der Waals surface area contributed by atoms with E-state index in [1.807, 2.05) is 0 Å². The molecule has 0 aliphatic heterocycles. The van der Waals surface area contributed by atoms with Crippen molar-refractivity contribution in [3.63, 3.8) is 0 Å². The van der Waals surface area contributed by atoms with Gasteiger partial charge < -0.3 is 9.90 Å². The normalized spacial score (nSPS) is 10.9. The van der Waals surface area contributed by atoms with Gasteiger partial charge in [0.2, 0.25) is 0 Å². The Morgan fingerprint density at radius 1 is 1.67 bits per heavy atom. The van der Waals surface area contributed by atoms with Crippen LogP contribution in [-0.4, -0.2) is 21.4 Å². The fourth-order valence-corrected chi connectivity index (χ4v) is 0.353. The number of carboxylic acids is 1. The molecule has 0 radical (unpaired) electrons. The lowest BCUT2D eigenvalue weighted by Crippen LogP contribution is -2.25. The molecule has 0 aromatic heterocycles. The topological polar surface area (TPSA) is 54.4 Å². The zero-order valence-electron chi connectivity index (χ0n) is 4.44. The Labute approximate surface area is 63.3 Å². The molecule has 0 aliphatic carbocycles. The minimum Gasteiger partial charge on any atom is -0.480 e. The second-order valence-corrected chi connectivity index (χ2v) is 3.37. The van der Waals surface area contributed by atoms with Crippen molar-refractivity contribution in [2.24, 2.45) is 0 Å². The predicted molar refractivity (Wildman–Crippen MR) is 39.0 cm³/mol. The molecule has 0 spiro atoms. The number of rotatable bonds is 3. The van der Waals surface area contributed by atoms with Crippen LogP contribution in [-0.2, 0) is 9.59 Å². The summed E-state index contributed by atoms with van der Waals surface area (Å²) >= 11 is 7.19. The number of aliphatic carboxylic acids is 1. The van der Waals surface area contributed by atoms with E-state index >= 15 is 0 Å². The summed E-state index contributed by atoms with van der Waals surface area (Å²) in [5, 5.41) is 8.26. The molecule has 3 nitrogen and oxygen atoms in total. The van der Waals surface area contributed by atoms with Crippen LogP contribution in [0.2, 0.25) is 0 Å². The number of hydrogen-bond donors (Lipinski definition) is 3. The van der Waals surface area contributed by atoms with Crippen molar-refractivity contribution in [3.8, 4) is 0 Å². The second-order valence-electron chi connectivity index (χ2n) is 1.49. The zero-order valence-corrected chi connectivity index (χ0v) is 6.23. The molecule has 0 aliphatic rings. The lowest BCUT2D eigenvalue weighted by Gasteiger charge is -2.11. The Morgan fingerprint density at radius 2 is 2.11 bits per heavy atom. The third-order valence-corrected chi connectivity index (χ3v) is 1.46. The maximum Gasteiger partial charge on any atom is 0.330 e. The molecule has 0 bridgehead atoms. The van der Waals surface area contributed by atoms with Gasteiger partial charge in [-0.15, -0.1) is 25.3 Å². The van der Waals surface area contributed by atoms with Crippen molar-refractivity contribution >= 4 is 37.5 Å². The van der Waals surface area contributed by atoms with Crippen LogP contribution < -0.4 is 0 Å². The summed E-state index contributed by atoms with van der Waals surface area (Å²) in [4.78, 5) is 19.9. The van der Waals surface area contributed by atoms with Gasteiger partial charge in [0.1, 0.15) is 6.29 Å². The van der Waals surface area contributed by atoms with Crippen LogP contribution in [0.25, 0.3) is 0 Å². The quantitative estimate of drug-likeness (QED) is 0.319. The van der Waals surface area contributed by atoms with Gasteiger partial charge in [-0.2, -0.15) is 0 Å². The van der Waals surface area contributed by atoms with Gasteiger partial charge in [-0.25, -0.2) is 4.79 Å². The van der Waals surface area contributed by atoms with E-state index in [4.69, 9.17) is 5.11 Å². The van der Waals surface area contributed by atoms with Gasteiger partial charge in [-0.1, -0.05) is 0 Å². The Hall–Kier alpha value is -0.160. The Morgan fingerprint density at radius 3 is 2.22 bits per heavy atom. The highest BCUT2D eigenvalue weighted by Gasteiger charge is 2.28. The van der Waals surface area contributed by atoms with E-state index in [1.165, 1.54) is 0 Å². The lowest BCUT2D eigenvalue weighted by molar-refractivity contribution is -0.138. The maximum atomic E-state index is 10.1. The van der Waals surface area contributed by atoms with Gasteiger partial charge in [0, 0.05) is 6.42 Å². The molecule has 0 saturated heterocycles. The third kappa shape index (κ3) is 2.76. The van der Waals surface area contributed by atoms with Crippen molar-refractivity contribution in [1.29, 1.82) is 0 Å². The SMILES string of the molecule is O=CCC(S)(S)C(=O)O. The lowest BCUT2D eigenvalue weighted by atomic mass is 10.3. The molecular weight excluding hydrogens is 160 g/mol. The highest BCUT2D eigenvalue weighted by atomic mass is 32.2. The van der Waals surface area contributed by atoms with Crippen molar-refractivity contribution < 1.29 is 14.7 Å². The van der Waals surface area contributed by atoms with Crippen LogP contribution in [0.5, 0.6) is 0 Å². The second kappa shape index (κ2) is 3.12. The van der Waals surface area contributed by atoms with Gasteiger partial charge in [0.15, 0.2) is 4.08 Å². The number of thiol groups is 2. The average molecular weight is 166 g/mol. The number of carboxylic acid groups (broad SMARTS) is 1. The number of carbonyl (C=O) groups is 2. The molecule has 9 heavy (non-hydrogen) atoms. The van der Waals surface area contributed by atoms with E-state index < -0.39 is 10.0 Å². The molecule has 1 N–H and O–H groups in total. The van der Waals surface area contributed by atoms with Crippen molar-refractivity contribution in [2.75, 3.05) is 0 Å². The molecule has 0 heterocycles. The van der Waals surface area contributed by atoms with E-state index in [9.17, 15) is 9.59 Å². The smallest absolute Gasteiger partial charge is 0.330 e. The standard InChI is InChI=1S/C4H6O3S2/c5-2-1-4(8,9)3(6)7/h2,8-9H,1H2,(H,6,7). The minimum absolute atomic E-state index is 0.200. The molecule has 0 atom stereocenters. The largest absolute Gasteiger partial charge is 0.480 e. The third-order valence-electron chi connectivity index (χ3n) is 0.710. The Bertz CT molecular complexity index is 132. The molecule has 0 unspecified atom stereocenters. The maximum absolute atomic E-state index is 10.1. The monoisotopic (exact) mass is 166 g/mol. The first kappa shape index (κ1) is 8.84. The molecule has 0 aromatic rings. The summed E-state index contributed by atoms with van der Waals surface area (Å²) in [6.07, 6.45) is 0.267. The highest BCUT2D eigenvalue weighted by Crippen LogP contribution is 2.22. The van der Waals surface area contributed by atoms with Crippen LogP contribution in [0, 0.1) is 0 Å². The van der Waals surface area contributed by atoms with Gasteiger partial charge in [0.25, 0.3) is 0 Å². The van der Waals surface area contributed by atoms with Gasteiger partial charge in [-0.3, -0.25) is 0 Å². The van der Waals surface area contributed by atoms with Crippen molar-refractivity contribution in [1.82, 2.24) is 0 Å². The molecule has 5 heteroatoms. The van der Waals surface area contributed by atoms with Gasteiger partial charge in [0.05, 0.1) is 0 Å². The summed E-state index contributed by atoms with van der Waals surface area (Å²) in [6.45, 7) is 0. The molecule has 0 fully saturated rings. The van der Waals surface area contributed by atoms with E-state index in [0.717, 1.165) is 0 Å². The van der Waals surface area contributed by atoms with Crippen LogP contribution >= 0.6 is 25.3 Å². The van der Waals surface area contributed by atoms with Gasteiger partial charge >= 0.3 is 5.97 Å². The zero-order chi connectivity index (χ0) is 7.49. The number of aldehydes is 1. The van der Waals surface area contributed by atoms with Crippen LogP contribution in [0.1, 0.15) is 6.42 Å². The summed E-state index contributed by atoms with van der Waals surface area (Å²) in [7, 11) is 0. The van der Waals surface area contributed by atoms with Crippen molar-refractivity contribution in [2.45, 2.75) is 10.5 Å². The Kier molecular flexibility index (Phi) is 3.07. The van der Waals surface area contributed by atoms with Crippen LogP contribution in [0.15, 0.2) is 0 Å². The first-order valence-electron chi connectivity index (χ1n) is 2.12. The molecule has 0 saturated carbocycles. The summed E-state index contributed by atoms with van der Waals surface area (Å²) in [6, 6.07) is 0. The average Bonchev–Trinajstić information content (AvgIpc) is 1.65. The molecular formula is C4H6O3S2. The van der Waals surface area contributed by atoms with E-state index in [0.29, 0.717) is 6.29 Å². The number of carbonyl (C=O) groups excluding carboxylic acids is 1. The fraction of sp³-hybridized carbons (Fsp3) is 0.500. The molecule has 0 rings (SSSR count). The minimum atomic E-state index is -1.51. The van der Waals surface area contributed by atoms with E-state index in [-0.39, 0.29) is 6.42 Å². The molecule has 0 aromatic carbocycles. The Balaban J connectivity index is 4.00. The van der Waals surface area contributed by atoms with Crippen molar-refractivity contribution in [3.05, 3.63) is 0 Å². The number of hydrogen-bond acceptors (Lipinski definition) is 4. The first-order valence-corrected chi connectivity index (χ1v) is 3.02. The molecule has 52 valence electrons. The predicted octanol–water partition coefficient (Wildman–Crippen LogP) is 0.216. The van der Waals surface area contributed by atoms with Gasteiger partial charge in [-0.05, 0) is 0 Å². The first-order chi connectivity index (χ1) is 4.00. The summed E-state index contributed by atoms with van der Waals surface area (Å²) in [5.74, 6) is -1.21. The fourth-order valence-electron chi connectivity index (χ4n) is 0.204. The van der Waals surface area contributed by atoms with Crippen LogP contribution in [0.3, 0.4) is 0 Å². The van der Waals surface area contributed by atoms with E-state index in [2.05, 4.69) is 25.3 Å². The summed E-state index contributed by atoms with van der Waals surface area (Å²) in [5.41, 5.74) is 0. The highest BCUT2D eigenvalue weighted by molar-refractivity contribution is 8.02. The summed E-state index contributed by atoms with van der Waals surface area (Å²) < 4.78 is -1.51. The van der Waals surface area contributed by atoms with Crippen LogP contribution in [0.4, 0.5) is 0 Å². The molecule has 0 amide bonds. The van der Waals surface area contributed by atoms with E-state index in [1.54, 1.807) is 0 Å².